The lowest BCUT2D eigenvalue weighted by atomic mass is 9.93. The van der Waals surface area contributed by atoms with Gasteiger partial charge < -0.3 is 41.8 Å². The van der Waals surface area contributed by atoms with Crippen molar-refractivity contribution in [3.63, 3.8) is 0 Å². The summed E-state index contributed by atoms with van der Waals surface area (Å²) in [6.07, 6.45) is 7.83. The first-order chi connectivity index (χ1) is 23.0. The van der Waals surface area contributed by atoms with Crippen molar-refractivity contribution in [2.45, 2.75) is 75.7 Å². The molecule has 0 unspecified atom stereocenters. The van der Waals surface area contributed by atoms with Gasteiger partial charge in [-0.1, -0.05) is 6.07 Å². The molecule has 4 aromatic rings. The van der Waals surface area contributed by atoms with Gasteiger partial charge in [0.25, 0.3) is 0 Å². The van der Waals surface area contributed by atoms with E-state index in [2.05, 4.69) is 30.6 Å². The van der Waals surface area contributed by atoms with Gasteiger partial charge in [-0.05, 0) is 75.6 Å². The van der Waals surface area contributed by atoms with Gasteiger partial charge in [0.2, 0.25) is 11.9 Å². The third-order valence-electron chi connectivity index (χ3n) is 7.87. The molecule has 48 heavy (non-hydrogen) atoms. The zero-order chi connectivity index (χ0) is 34.2. The predicted octanol–water partition coefficient (Wildman–Crippen LogP) is 5.69. The molecule has 0 spiro atoms. The second-order valence-electron chi connectivity index (χ2n) is 11.5. The molecule has 8 N–H and O–H groups in total. The van der Waals surface area contributed by atoms with Gasteiger partial charge in [0.1, 0.15) is 5.82 Å². The van der Waals surface area contributed by atoms with E-state index in [9.17, 15) is 27.8 Å². The van der Waals surface area contributed by atoms with E-state index < -0.39 is 29.0 Å². The number of nitrogens with one attached hydrogen (secondary N) is 2. The van der Waals surface area contributed by atoms with Gasteiger partial charge in [0, 0.05) is 18.2 Å². The Kier molecular flexibility index (Phi) is 11.3. The number of hydrogen-bond acceptors (Lipinski definition) is 12. The van der Waals surface area contributed by atoms with Crippen LogP contribution in [0, 0.1) is 23.3 Å². The van der Waals surface area contributed by atoms with Crippen molar-refractivity contribution in [3.05, 3.63) is 72.1 Å². The summed E-state index contributed by atoms with van der Waals surface area (Å²) in [7, 11) is 0. The van der Waals surface area contributed by atoms with Gasteiger partial charge in [0.05, 0.1) is 24.6 Å². The zero-order valence-electron chi connectivity index (χ0n) is 25.8. The number of aliphatic hydroxyl groups is 2. The highest BCUT2D eigenvalue weighted by molar-refractivity contribution is 5.54. The molecule has 0 saturated heterocycles. The summed E-state index contributed by atoms with van der Waals surface area (Å²) in [6.45, 7) is 0. The number of halogens is 4. The lowest BCUT2D eigenvalue weighted by Gasteiger charge is -2.27. The Bertz CT molecular complexity index is 1670. The molecule has 2 aliphatic rings. The Morgan fingerprint density at radius 3 is 1.58 bits per heavy atom. The van der Waals surface area contributed by atoms with Crippen LogP contribution in [0.3, 0.4) is 0 Å². The predicted molar refractivity (Wildman–Crippen MR) is 170 cm³/mol. The molecule has 2 saturated carbocycles. The average Bonchev–Trinajstić information content (AvgIpc) is 3.05. The summed E-state index contributed by atoms with van der Waals surface area (Å²) in [6, 6.07) is 6.66. The van der Waals surface area contributed by atoms with Crippen molar-refractivity contribution in [2.24, 2.45) is 0 Å². The van der Waals surface area contributed by atoms with Crippen molar-refractivity contribution >= 4 is 23.5 Å². The van der Waals surface area contributed by atoms with Crippen molar-refractivity contribution < 1.29 is 37.2 Å². The van der Waals surface area contributed by atoms with Gasteiger partial charge in [-0.3, -0.25) is 0 Å². The standard InChI is InChI=1S/2C16H18F2N4O2/c17-9-1-6-13(12(18)7-9)24-14-8-20-16(19)22-15(14)21-10-2-4-11(23)5-3-10;17-11-2-1-3-12(18)14(11)24-13-8-20-16(19)22-15(13)21-9-4-6-10(23)7-5-9/h1,6-8,10-11,23H,2-5H2,(H3,19,20,21,22);1-3,8-10,23H,4-7H2,(H3,19,20,21,22). The smallest absolute Gasteiger partial charge is 0.222 e. The fraction of sp³-hybridized carbons (Fsp3) is 0.375. The normalized spacial score (nSPS) is 20.6. The summed E-state index contributed by atoms with van der Waals surface area (Å²) in [5.74, 6) is -2.84. The summed E-state index contributed by atoms with van der Waals surface area (Å²) in [5.41, 5.74) is 11.2. The Morgan fingerprint density at radius 2 is 1.10 bits per heavy atom. The molecule has 0 aliphatic heterocycles. The fourth-order valence-electron chi connectivity index (χ4n) is 5.32. The van der Waals surface area contributed by atoms with Gasteiger partial charge in [-0.2, -0.15) is 9.97 Å². The number of para-hydroxylation sites is 1. The van der Waals surface area contributed by atoms with E-state index in [-0.39, 0.29) is 59.3 Å². The highest BCUT2D eigenvalue weighted by Crippen LogP contribution is 2.34. The van der Waals surface area contributed by atoms with Crippen LogP contribution in [-0.4, -0.2) is 54.4 Å². The number of aliphatic hydroxyl groups excluding tert-OH is 2. The molecular formula is C32H36F4N8O4. The molecule has 12 nitrogen and oxygen atoms in total. The molecule has 2 aliphatic carbocycles. The molecule has 0 radical (unpaired) electrons. The monoisotopic (exact) mass is 672 g/mol. The lowest BCUT2D eigenvalue weighted by molar-refractivity contribution is 0.125. The largest absolute Gasteiger partial charge is 0.449 e. The van der Waals surface area contributed by atoms with Gasteiger partial charge in [-0.25, -0.2) is 27.5 Å². The molecule has 2 heterocycles. The molecule has 256 valence electrons. The minimum atomic E-state index is -0.821. The molecule has 6 rings (SSSR count). The number of benzene rings is 2. The highest BCUT2D eigenvalue weighted by atomic mass is 19.1. The van der Waals surface area contributed by atoms with Crippen LogP contribution >= 0.6 is 0 Å². The Labute approximate surface area is 273 Å². The van der Waals surface area contributed by atoms with Crippen LogP contribution in [-0.2, 0) is 0 Å². The van der Waals surface area contributed by atoms with E-state index in [1.807, 2.05) is 0 Å². The Hall–Kier alpha value is -4.96. The second-order valence-corrected chi connectivity index (χ2v) is 11.5. The summed E-state index contributed by atoms with van der Waals surface area (Å²) >= 11 is 0. The van der Waals surface area contributed by atoms with Crippen molar-refractivity contribution in [3.8, 4) is 23.0 Å². The maximum atomic E-state index is 13.8. The van der Waals surface area contributed by atoms with Gasteiger partial charge in [-0.15, -0.1) is 0 Å². The number of anilines is 4. The number of nitrogens with two attached hydrogens (primary N) is 2. The first-order valence-electron chi connectivity index (χ1n) is 15.4. The van der Waals surface area contributed by atoms with Crippen LogP contribution < -0.4 is 31.6 Å². The molecule has 2 aromatic heterocycles. The molecule has 0 amide bonds. The van der Waals surface area contributed by atoms with Crippen LogP contribution in [0.1, 0.15) is 51.4 Å². The number of aromatic nitrogens is 4. The minimum Gasteiger partial charge on any atom is -0.449 e. The maximum Gasteiger partial charge on any atom is 0.222 e. The minimum absolute atomic E-state index is 0.0229. The van der Waals surface area contributed by atoms with Gasteiger partial charge in [0.15, 0.2) is 52.1 Å². The fourth-order valence-corrected chi connectivity index (χ4v) is 5.32. The van der Waals surface area contributed by atoms with E-state index in [1.54, 1.807) is 0 Å². The molecule has 0 bridgehead atoms. The molecule has 2 aromatic carbocycles. The number of hydrogen-bond donors (Lipinski definition) is 6. The summed E-state index contributed by atoms with van der Waals surface area (Å²) < 4.78 is 65.1. The van der Waals surface area contributed by atoms with Crippen LogP contribution in [0.5, 0.6) is 23.0 Å². The van der Waals surface area contributed by atoms with Crippen LogP contribution in [0.25, 0.3) is 0 Å². The number of nitrogens with zero attached hydrogens (tertiary/aromatic N) is 4. The van der Waals surface area contributed by atoms with Crippen LogP contribution in [0.15, 0.2) is 48.8 Å². The SMILES string of the molecule is Nc1ncc(Oc2c(F)cccc2F)c(NC2CCC(O)CC2)n1.Nc1ncc(Oc2ccc(F)cc2F)c(NC2CCC(O)CC2)n1. The van der Waals surface area contributed by atoms with E-state index in [0.717, 1.165) is 49.9 Å². The van der Waals surface area contributed by atoms with E-state index >= 15 is 0 Å². The Morgan fingerprint density at radius 1 is 0.625 bits per heavy atom. The van der Waals surface area contributed by atoms with E-state index in [0.29, 0.717) is 31.5 Å². The average molecular weight is 673 g/mol. The number of ether oxygens (including phenoxy) is 2. The van der Waals surface area contributed by atoms with Crippen molar-refractivity contribution in [1.29, 1.82) is 0 Å². The van der Waals surface area contributed by atoms with Crippen LogP contribution in [0.4, 0.5) is 41.1 Å². The molecular weight excluding hydrogens is 636 g/mol. The van der Waals surface area contributed by atoms with Crippen LogP contribution in [0.2, 0.25) is 0 Å². The summed E-state index contributed by atoms with van der Waals surface area (Å²) in [4.78, 5) is 15.8. The molecule has 16 heteroatoms. The molecule has 2 fully saturated rings. The zero-order valence-corrected chi connectivity index (χ0v) is 25.8. The molecule has 0 atom stereocenters. The third-order valence-corrected chi connectivity index (χ3v) is 7.87. The summed E-state index contributed by atoms with van der Waals surface area (Å²) in [5, 5.41) is 25.5. The number of rotatable bonds is 8. The van der Waals surface area contributed by atoms with Crippen molar-refractivity contribution in [2.75, 3.05) is 22.1 Å². The second kappa shape index (κ2) is 15.8. The number of nitrogen functional groups attached to an aromatic ring is 2. The van der Waals surface area contributed by atoms with E-state index in [1.165, 1.54) is 24.5 Å². The van der Waals surface area contributed by atoms with Crippen molar-refractivity contribution in [1.82, 2.24) is 19.9 Å². The highest BCUT2D eigenvalue weighted by Gasteiger charge is 2.23. The first-order valence-corrected chi connectivity index (χ1v) is 15.4. The Balaban J connectivity index is 0.000000188. The maximum absolute atomic E-state index is 13.8. The quantitative estimate of drug-likeness (QED) is 0.126. The third kappa shape index (κ3) is 9.32. The lowest BCUT2D eigenvalue weighted by Crippen LogP contribution is -2.28. The topological polar surface area (TPSA) is 187 Å². The first kappa shape index (κ1) is 34.4. The van der Waals surface area contributed by atoms with E-state index in [4.69, 9.17) is 20.9 Å². The van der Waals surface area contributed by atoms with Gasteiger partial charge >= 0.3 is 0 Å².